The summed E-state index contributed by atoms with van der Waals surface area (Å²) in [5.74, 6) is -0.758. The zero-order chi connectivity index (χ0) is 15.3. The number of carboxylic acids is 1. The number of hydrogen-bond donors (Lipinski definition) is 1. The Balaban J connectivity index is 3.06. The van der Waals surface area contributed by atoms with Crippen molar-refractivity contribution in [2.45, 2.75) is 24.9 Å². The molecule has 1 N–H and O–H groups in total. The maximum absolute atomic E-state index is 12.3. The lowest BCUT2D eigenvalue weighted by Gasteiger charge is -2.16. The fourth-order valence-corrected chi connectivity index (χ4v) is 3.45. The summed E-state index contributed by atoms with van der Waals surface area (Å²) >= 11 is 0. The van der Waals surface area contributed by atoms with E-state index in [2.05, 4.69) is 0 Å². The SMILES string of the molecule is COc1ccc(C#N)cc1CS(=O)C(C(=O)O)C(C)C. The molecule has 1 aromatic rings. The first kappa shape index (κ1) is 16.2. The summed E-state index contributed by atoms with van der Waals surface area (Å²) in [6.07, 6.45) is 0. The summed E-state index contributed by atoms with van der Waals surface area (Å²) in [6, 6.07) is 6.80. The molecule has 6 heteroatoms. The summed E-state index contributed by atoms with van der Waals surface area (Å²) in [6.45, 7) is 3.44. The maximum Gasteiger partial charge on any atom is 0.319 e. The van der Waals surface area contributed by atoms with E-state index >= 15 is 0 Å². The van der Waals surface area contributed by atoms with E-state index in [1.54, 1.807) is 32.0 Å². The molecule has 0 radical (unpaired) electrons. The summed E-state index contributed by atoms with van der Waals surface area (Å²) in [7, 11) is -0.103. The molecular weight excluding hydrogens is 278 g/mol. The number of nitrogens with zero attached hydrogens (tertiary/aromatic N) is 1. The normalized spacial score (nSPS) is 13.6. The first-order chi connectivity index (χ1) is 9.40. The number of aliphatic carboxylic acids is 1. The van der Waals surface area contributed by atoms with Gasteiger partial charge in [0.25, 0.3) is 0 Å². The zero-order valence-electron chi connectivity index (χ0n) is 11.6. The predicted octanol–water partition coefficient (Wildman–Crippen LogP) is 1.92. The quantitative estimate of drug-likeness (QED) is 0.866. The Bertz CT molecular complexity index is 563. The molecule has 0 aliphatic rings. The first-order valence-corrected chi connectivity index (χ1v) is 7.46. The largest absolute Gasteiger partial charge is 0.496 e. The van der Waals surface area contributed by atoms with Gasteiger partial charge in [0.1, 0.15) is 11.0 Å². The molecule has 0 saturated carbocycles. The van der Waals surface area contributed by atoms with Crippen LogP contribution in [0.25, 0.3) is 0 Å². The van der Waals surface area contributed by atoms with Gasteiger partial charge >= 0.3 is 5.97 Å². The van der Waals surface area contributed by atoms with Crippen molar-refractivity contribution in [2.24, 2.45) is 5.92 Å². The number of benzene rings is 1. The molecule has 0 bridgehead atoms. The van der Waals surface area contributed by atoms with E-state index in [1.165, 1.54) is 7.11 Å². The van der Waals surface area contributed by atoms with Crippen LogP contribution in [-0.4, -0.2) is 27.6 Å². The second-order valence-electron chi connectivity index (χ2n) is 4.67. The molecule has 0 amide bonds. The van der Waals surface area contributed by atoms with E-state index in [4.69, 9.17) is 15.1 Å². The maximum atomic E-state index is 12.3. The van der Waals surface area contributed by atoms with Gasteiger partial charge in [0.2, 0.25) is 0 Å². The van der Waals surface area contributed by atoms with Crippen molar-refractivity contribution >= 4 is 16.8 Å². The number of methoxy groups -OCH3 is 1. The second kappa shape index (κ2) is 7.06. The molecule has 108 valence electrons. The standard InChI is InChI=1S/C14H17NO4S/c1-9(2)13(14(16)17)20(18)8-11-6-10(7-15)4-5-12(11)19-3/h4-6,9,13H,8H2,1-3H3,(H,16,17). The number of carbonyl (C=O) groups is 1. The van der Waals surface area contributed by atoms with Crippen molar-refractivity contribution in [3.05, 3.63) is 29.3 Å². The van der Waals surface area contributed by atoms with Gasteiger partial charge in [0, 0.05) is 16.4 Å². The molecule has 0 aliphatic carbocycles. The van der Waals surface area contributed by atoms with Crippen LogP contribution in [0.3, 0.4) is 0 Å². The third-order valence-electron chi connectivity index (χ3n) is 2.84. The van der Waals surface area contributed by atoms with E-state index < -0.39 is 22.0 Å². The van der Waals surface area contributed by atoms with E-state index in [0.29, 0.717) is 16.9 Å². The number of ether oxygens (including phenoxy) is 1. The highest BCUT2D eigenvalue weighted by Crippen LogP contribution is 2.23. The van der Waals surface area contributed by atoms with Gasteiger partial charge in [-0.15, -0.1) is 0 Å². The molecule has 2 unspecified atom stereocenters. The average molecular weight is 295 g/mol. The lowest BCUT2D eigenvalue weighted by Crippen LogP contribution is -2.31. The van der Waals surface area contributed by atoms with Gasteiger partial charge in [-0.2, -0.15) is 5.26 Å². The van der Waals surface area contributed by atoms with Gasteiger partial charge < -0.3 is 9.84 Å². The smallest absolute Gasteiger partial charge is 0.319 e. The molecule has 0 aliphatic heterocycles. The van der Waals surface area contributed by atoms with Gasteiger partial charge in [-0.25, -0.2) is 0 Å². The molecule has 1 aromatic carbocycles. The summed E-state index contributed by atoms with van der Waals surface area (Å²) in [4.78, 5) is 11.2. The number of carboxylic acid groups (broad SMARTS) is 1. The van der Waals surface area contributed by atoms with Crippen molar-refractivity contribution in [3.63, 3.8) is 0 Å². The summed E-state index contributed by atoms with van der Waals surface area (Å²) < 4.78 is 17.4. The molecule has 1 rings (SSSR count). The van der Waals surface area contributed by atoms with Gasteiger partial charge in [0.15, 0.2) is 0 Å². The Labute approximate surface area is 120 Å². The van der Waals surface area contributed by atoms with E-state index in [0.717, 1.165) is 0 Å². The topological polar surface area (TPSA) is 87.4 Å². The van der Waals surface area contributed by atoms with Crippen LogP contribution < -0.4 is 4.74 Å². The Morgan fingerprint density at radius 1 is 1.50 bits per heavy atom. The average Bonchev–Trinajstić information content (AvgIpc) is 2.37. The highest BCUT2D eigenvalue weighted by molar-refractivity contribution is 7.85. The van der Waals surface area contributed by atoms with E-state index in [1.807, 2.05) is 6.07 Å². The predicted molar refractivity (Wildman–Crippen MR) is 75.8 cm³/mol. The molecule has 0 saturated heterocycles. The fraction of sp³-hybridized carbons (Fsp3) is 0.429. The summed E-state index contributed by atoms with van der Waals surface area (Å²) in [5, 5.41) is 17.1. The molecular formula is C14H17NO4S. The molecule has 5 nitrogen and oxygen atoms in total. The molecule has 0 spiro atoms. The highest BCUT2D eigenvalue weighted by atomic mass is 32.2. The number of hydrogen-bond acceptors (Lipinski definition) is 4. The summed E-state index contributed by atoms with van der Waals surface area (Å²) in [5.41, 5.74) is 1.01. The van der Waals surface area contributed by atoms with Crippen molar-refractivity contribution in [1.29, 1.82) is 5.26 Å². The Morgan fingerprint density at radius 2 is 2.15 bits per heavy atom. The number of rotatable bonds is 6. The molecule has 0 heterocycles. The zero-order valence-corrected chi connectivity index (χ0v) is 12.4. The minimum atomic E-state index is -1.58. The van der Waals surface area contributed by atoms with Gasteiger partial charge in [-0.3, -0.25) is 9.00 Å². The van der Waals surface area contributed by atoms with Crippen LogP contribution in [0.1, 0.15) is 25.0 Å². The van der Waals surface area contributed by atoms with Crippen LogP contribution in [0.5, 0.6) is 5.75 Å². The minimum absolute atomic E-state index is 0.0494. The lowest BCUT2D eigenvalue weighted by molar-refractivity contribution is -0.137. The van der Waals surface area contributed by atoms with Crippen LogP contribution in [0.15, 0.2) is 18.2 Å². The van der Waals surface area contributed by atoms with Crippen molar-refractivity contribution in [1.82, 2.24) is 0 Å². The monoisotopic (exact) mass is 295 g/mol. The van der Waals surface area contributed by atoms with Gasteiger partial charge in [-0.1, -0.05) is 13.8 Å². The van der Waals surface area contributed by atoms with E-state index in [-0.39, 0.29) is 11.7 Å². The first-order valence-electron chi connectivity index (χ1n) is 6.07. The highest BCUT2D eigenvalue weighted by Gasteiger charge is 2.28. The van der Waals surface area contributed by atoms with Crippen LogP contribution in [0.4, 0.5) is 0 Å². The molecule has 2 atom stereocenters. The van der Waals surface area contributed by atoms with E-state index in [9.17, 15) is 9.00 Å². The van der Waals surface area contributed by atoms with Crippen molar-refractivity contribution < 1.29 is 18.8 Å². The Morgan fingerprint density at radius 3 is 2.60 bits per heavy atom. The third kappa shape index (κ3) is 3.81. The van der Waals surface area contributed by atoms with Crippen molar-refractivity contribution in [2.75, 3.05) is 7.11 Å². The number of nitriles is 1. The van der Waals surface area contributed by atoms with Crippen LogP contribution >= 0.6 is 0 Å². The van der Waals surface area contributed by atoms with Gasteiger partial charge in [-0.05, 0) is 24.1 Å². The second-order valence-corrected chi connectivity index (χ2v) is 6.22. The fourth-order valence-electron chi connectivity index (χ4n) is 1.91. The van der Waals surface area contributed by atoms with Crippen molar-refractivity contribution in [3.8, 4) is 11.8 Å². The Hall–Kier alpha value is -1.87. The van der Waals surface area contributed by atoms with Crippen LogP contribution in [-0.2, 0) is 21.3 Å². The van der Waals surface area contributed by atoms with Crippen LogP contribution in [0.2, 0.25) is 0 Å². The van der Waals surface area contributed by atoms with Crippen LogP contribution in [0, 0.1) is 17.2 Å². The lowest BCUT2D eigenvalue weighted by atomic mass is 10.1. The Kier molecular flexibility index (Phi) is 5.71. The minimum Gasteiger partial charge on any atom is -0.496 e. The molecule has 0 aromatic heterocycles. The molecule has 20 heavy (non-hydrogen) atoms. The molecule has 0 fully saturated rings. The van der Waals surface area contributed by atoms with Gasteiger partial charge in [0.05, 0.1) is 24.5 Å². The third-order valence-corrected chi connectivity index (χ3v) is 4.75.